The number of benzene rings is 3. The lowest BCUT2D eigenvalue weighted by molar-refractivity contribution is -0.598. The van der Waals surface area contributed by atoms with E-state index in [1.54, 1.807) is 10.6 Å². The maximum absolute atomic E-state index is 13.1. The van der Waals surface area contributed by atoms with Crippen molar-refractivity contribution >= 4 is 38.5 Å². The summed E-state index contributed by atoms with van der Waals surface area (Å²) in [6.45, 7) is 0. The number of nitrogens with zero attached hydrogens (tertiary/aromatic N) is 3. The van der Waals surface area contributed by atoms with Gasteiger partial charge in [0.05, 0.1) is 17.3 Å². The number of anilines is 1. The van der Waals surface area contributed by atoms with Crippen molar-refractivity contribution in [3.63, 3.8) is 0 Å². The van der Waals surface area contributed by atoms with Gasteiger partial charge in [-0.25, -0.2) is 18.0 Å². The van der Waals surface area contributed by atoms with Gasteiger partial charge in [0.1, 0.15) is 5.52 Å². The standard InChI is InChI=1S/C28H24ClN4O2S/c29-23-13-15-24(16-14-23)36(34,35)32-27-28(31-26-12-5-4-11-25(26)30-27)33-19-17-22(18-20-33)10-6-9-21-7-2-1-3-8-21/h1-5,7-8,11-20H,6,9-10H2,(H,30,32)/q+1. The molecular formula is C28H24ClN4O2S+. The number of aromatic nitrogens is 3. The van der Waals surface area contributed by atoms with Gasteiger partial charge in [-0.2, -0.15) is 0 Å². The average Bonchev–Trinajstić information content (AvgIpc) is 2.89. The zero-order valence-corrected chi connectivity index (χ0v) is 21.0. The fourth-order valence-electron chi connectivity index (χ4n) is 3.95. The van der Waals surface area contributed by atoms with E-state index in [1.807, 2.05) is 48.8 Å². The highest BCUT2D eigenvalue weighted by molar-refractivity contribution is 7.92. The second kappa shape index (κ2) is 10.4. The lowest BCUT2D eigenvalue weighted by Gasteiger charge is -2.09. The lowest BCUT2D eigenvalue weighted by Crippen LogP contribution is -2.33. The van der Waals surface area contributed by atoms with Crippen LogP contribution in [0.15, 0.2) is 108 Å². The van der Waals surface area contributed by atoms with Crippen LogP contribution >= 0.6 is 11.6 Å². The number of para-hydroxylation sites is 2. The highest BCUT2D eigenvalue weighted by Gasteiger charge is 2.24. The number of nitrogens with one attached hydrogen (secondary N) is 1. The number of aryl methyl sites for hydroxylation is 2. The van der Waals surface area contributed by atoms with Crippen LogP contribution in [0.5, 0.6) is 0 Å². The SMILES string of the molecule is O=S(=O)(Nc1nc2ccccc2nc1-[n+]1ccc(CCCc2ccccc2)cc1)c1ccc(Cl)cc1. The van der Waals surface area contributed by atoms with Gasteiger partial charge < -0.3 is 0 Å². The van der Waals surface area contributed by atoms with Crippen LogP contribution in [0, 0.1) is 0 Å². The molecule has 0 amide bonds. The number of pyridine rings is 1. The molecule has 0 fully saturated rings. The first kappa shape index (κ1) is 23.9. The summed E-state index contributed by atoms with van der Waals surface area (Å²) in [5, 5.41) is 0.458. The molecule has 0 aliphatic heterocycles. The minimum Gasteiger partial charge on any atom is -0.256 e. The van der Waals surface area contributed by atoms with E-state index in [4.69, 9.17) is 16.6 Å². The second-order valence-electron chi connectivity index (χ2n) is 8.40. The predicted octanol–water partition coefficient (Wildman–Crippen LogP) is 5.54. The van der Waals surface area contributed by atoms with E-state index in [0.29, 0.717) is 21.9 Å². The molecule has 0 bridgehead atoms. The molecule has 36 heavy (non-hydrogen) atoms. The van der Waals surface area contributed by atoms with Crippen LogP contribution in [0.2, 0.25) is 5.02 Å². The monoisotopic (exact) mass is 515 g/mol. The molecule has 0 aliphatic rings. The van der Waals surface area contributed by atoms with Crippen molar-refractivity contribution in [2.45, 2.75) is 24.2 Å². The molecule has 0 unspecified atom stereocenters. The molecule has 2 aromatic heterocycles. The van der Waals surface area contributed by atoms with Gasteiger partial charge in [-0.1, -0.05) is 54.1 Å². The van der Waals surface area contributed by atoms with Crippen LogP contribution in [0.4, 0.5) is 5.82 Å². The minimum absolute atomic E-state index is 0.0894. The number of hydrogen-bond donors (Lipinski definition) is 1. The highest BCUT2D eigenvalue weighted by atomic mass is 35.5. The van der Waals surface area contributed by atoms with Gasteiger partial charge in [0, 0.05) is 5.02 Å². The smallest absolute Gasteiger partial charge is 0.256 e. The van der Waals surface area contributed by atoms with Crippen LogP contribution < -0.4 is 9.29 Å². The highest BCUT2D eigenvalue weighted by Crippen LogP contribution is 2.22. The summed E-state index contributed by atoms with van der Waals surface area (Å²) in [5.41, 5.74) is 3.78. The average molecular weight is 516 g/mol. The van der Waals surface area contributed by atoms with Crippen molar-refractivity contribution < 1.29 is 13.0 Å². The third-order valence-corrected chi connectivity index (χ3v) is 7.43. The fraction of sp³-hybridized carbons (Fsp3) is 0.107. The second-order valence-corrected chi connectivity index (χ2v) is 10.5. The Morgan fingerprint density at radius 2 is 1.31 bits per heavy atom. The molecule has 180 valence electrons. The summed E-state index contributed by atoms with van der Waals surface area (Å²) in [6.07, 6.45) is 6.76. The molecule has 0 atom stereocenters. The van der Waals surface area contributed by atoms with Crippen LogP contribution in [0.25, 0.3) is 16.9 Å². The van der Waals surface area contributed by atoms with Gasteiger partial charge in [0.2, 0.25) is 11.3 Å². The molecule has 0 saturated carbocycles. The van der Waals surface area contributed by atoms with E-state index >= 15 is 0 Å². The maximum atomic E-state index is 13.1. The molecule has 0 saturated heterocycles. The van der Waals surface area contributed by atoms with Gasteiger partial charge in [0.25, 0.3) is 10.0 Å². The summed E-state index contributed by atoms with van der Waals surface area (Å²) < 4.78 is 30.6. The maximum Gasteiger partial charge on any atom is 0.372 e. The van der Waals surface area contributed by atoms with Gasteiger partial charge in [-0.3, -0.25) is 4.72 Å². The molecule has 5 rings (SSSR count). The van der Waals surface area contributed by atoms with E-state index < -0.39 is 10.0 Å². The number of rotatable bonds is 8. The third kappa shape index (κ3) is 5.53. The molecule has 6 nitrogen and oxygen atoms in total. The third-order valence-electron chi connectivity index (χ3n) is 5.82. The normalized spacial score (nSPS) is 11.5. The van der Waals surface area contributed by atoms with Crippen LogP contribution in [-0.4, -0.2) is 18.4 Å². The Kier molecular flexibility index (Phi) is 6.93. The number of sulfonamides is 1. The summed E-state index contributed by atoms with van der Waals surface area (Å²) in [5.74, 6) is 0.535. The molecule has 0 radical (unpaired) electrons. The zero-order valence-electron chi connectivity index (χ0n) is 19.4. The first-order valence-corrected chi connectivity index (χ1v) is 13.4. The Bertz CT molecular complexity index is 1590. The van der Waals surface area contributed by atoms with Crippen LogP contribution in [0.3, 0.4) is 0 Å². The van der Waals surface area contributed by atoms with Crippen molar-refractivity contribution in [3.8, 4) is 5.82 Å². The molecule has 0 aliphatic carbocycles. The first-order chi connectivity index (χ1) is 17.5. The summed E-state index contributed by atoms with van der Waals surface area (Å²) in [4.78, 5) is 9.40. The lowest BCUT2D eigenvalue weighted by atomic mass is 10.1. The quantitative estimate of drug-likeness (QED) is 0.275. The summed E-state index contributed by atoms with van der Waals surface area (Å²) in [7, 11) is -3.90. The molecular weight excluding hydrogens is 492 g/mol. The summed E-state index contributed by atoms with van der Waals surface area (Å²) >= 11 is 5.93. The molecule has 8 heteroatoms. The van der Waals surface area contributed by atoms with E-state index in [1.165, 1.54) is 35.4 Å². The molecule has 0 spiro atoms. The first-order valence-electron chi connectivity index (χ1n) is 11.6. The van der Waals surface area contributed by atoms with Crippen molar-refractivity contribution in [2.75, 3.05) is 4.72 Å². The predicted molar refractivity (Wildman–Crippen MR) is 142 cm³/mol. The van der Waals surface area contributed by atoms with E-state index in [2.05, 4.69) is 34.0 Å². The largest absolute Gasteiger partial charge is 0.372 e. The van der Waals surface area contributed by atoms with Gasteiger partial charge in [-0.15, -0.1) is 0 Å². The number of hydrogen-bond acceptors (Lipinski definition) is 4. The van der Waals surface area contributed by atoms with E-state index in [0.717, 1.165) is 19.3 Å². The minimum atomic E-state index is -3.90. The molecule has 1 N–H and O–H groups in total. The molecule has 5 aromatic rings. The van der Waals surface area contributed by atoms with Crippen molar-refractivity contribution in [1.29, 1.82) is 0 Å². The molecule has 3 aromatic carbocycles. The van der Waals surface area contributed by atoms with Crippen molar-refractivity contribution in [2.24, 2.45) is 0 Å². The Labute approximate surface area is 215 Å². The van der Waals surface area contributed by atoms with Gasteiger partial charge >= 0.3 is 5.82 Å². The Balaban J connectivity index is 1.42. The number of fused-ring (bicyclic) bond motifs is 1. The van der Waals surface area contributed by atoms with Gasteiger partial charge in [0.15, 0.2) is 0 Å². The van der Waals surface area contributed by atoms with E-state index in [9.17, 15) is 8.42 Å². The number of halogens is 1. The van der Waals surface area contributed by atoms with Crippen LogP contribution in [0.1, 0.15) is 17.5 Å². The summed E-state index contributed by atoms with van der Waals surface area (Å²) in [6, 6.07) is 27.8. The van der Waals surface area contributed by atoms with Crippen molar-refractivity contribution in [1.82, 2.24) is 9.97 Å². The Morgan fingerprint density at radius 1 is 0.722 bits per heavy atom. The van der Waals surface area contributed by atoms with Gasteiger partial charge in [-0.05, 0) is 83.9 Å². The fourth-order valence-corrected chi connectivity index (χ4v) is 5.08. The van der Waals surface area contributed by atoms with Crippen molar-refractivity contribution in [3.05, 3.63) is 120 Å². The van der Waals surface area contributed by atoms with Crippen LogP contribution in [-0.2, 0) is 22.9 Å². The molecule has 2 heterocycles. The Hall–Kier alpha value is -3.81. The topological polar surface area (TPSA) is 75.8 Å². The Morgan fingerprint density at radius 3 is 1.97 bits per heavy atom. The van der Waals surface area contributed by atoms with E-state index in [-0.39, 0.29) is 10.7 Å². The zero-order chi connectivity index (χ0) is 25.0.